The van der Waals surface area contributed by atoms with Gasteiger partial charge in [-0.15, -0.1) is 11.3 Å². The maximum Gasteiger partial charge on any atom is 0.303 e. The minimum Gasteiger partial charge on any atom is -0.481 e. The van der Waals surface area contributed by atoms with Crippen LogP contribution < -0.4 is 0 Å². The van der Waals surface area contributed by atoms with E-state index in [9.17, 15) is 4.79 Å². The van der Waals surface area contributed by atoms with E-state index in [1.54, 1.807) is 11.3 Å². The first-order chi connectivity index (χ1) is 8.75. The molecule has 100 valence electrons. The van der Waals surface area contributed by atoms with Crippen LogP contribution in [0, 0.1) is 0 Å². The number of carbonyl (C=O) groups is 1. The van der Waals surface area contributed by atoms with Crippen molar-refractivity contribution in [1.29, 1.82) is 0 Å². The van der Waals surface area contributed by atoms with Crippen LogP contribution in [0.4, 0.5) is 0 Å². The van der Waals surface area contributed by atoms with Gasteiger partial charge in [-0.25, -0.2) is 4.98 Å². The zero-order valence-electron chi connectivity index (χ0n) is 10.4. The predicted octanol–water partition coefficient (Wildman–Crippen LogP) is 2.83. The Balaban J connectivity index is 1.76. The Bertz CT molecular complexity index is 385. The van der Waals surface area contributed by atoms with Gasteiger partial charge in [0.05, 0.1) is 10.7 Å². The van der Waals surface area contributed by atoms with Gasteiger partial charge in [-0.1, -0.05) is 0 Å². The first-order valence-corrected chi connectivity index (χ1v) is 7.37. The minimum atomic E-state index is -0.711. The molecule has 1 aromatic rings. The molecule has 0 atom stereocenters. The lowest BCUT2D eigenvalue weighted by Gasteiger charge is -2.19. The summed E-state index contributed by atoms with van der Waals surface area (Å²) in [6.07, 6.45) is 4.96. The Hall–Kier alpha value is -0.940. The maximum absolute atomic E-state index is 10.4. The van der Waals surface area contributed by atoms with Crippen LogP contribution in [-0.2, 0) is 16.0 Å². The van der Waals surface area contributed by atoms with Gasteiger partial charge < -0.3 is 9.84 Å². The lowest BCUT2D eigenvalue weighted by atomic mass is 9.97. The van der Waals surface area contributed by atoms with E-state index in [2.05, 4.69) is 10.4 Å². The van der Waals surface area contributed by atoms with Crippen LogP contribution in [0.5, 0.6) is 0 Å². The van der Waals surface area contributed by atoms with Gasteiger partial charge >= 0.3 is 5.97 Å². The number of ether oxygens (including phenoxy) is 1. The van der Waals surface area contributed by atoms with E-state index >= 15 is 0 Å². The van der Waals surface area contributed by atoms with Gasteiger partial charge in [0.2, 0.25) is 0 Å². The third-order valence-electron chi connectivity index (χ3n) is 3.24. The lowest BCUT2D eigenvalue weighted by Crippen LogP contribution is -2.14. The molecule has 0 spiro atoms. The van der Waals surface area contributed by atoms with E-state index < -0.39 is 5.97 Å². The summed E-state index contributed by atoms with van der Waals surface area (Å²) in [5.41, 5.74) is 1.21. The molecule has 0 amide bonds. The average Bonchev–Trinajstić information content (AvgIpc) is 2.84. The van der Waals surface area contributed by atoms with Crippen LogP contribution in [0.2, 0.25) is 0 Å². The van der Waals surface area contributed by atoms with Gasteiger partial charge in [0, 0.05) is 30.9 Å². The van der Waals surface area contributed by atoms with Gasteiger partial charge in [-0.3, -0.25) is 4.79 Å². The molecule has 1 aliphatic rings. The van der Waals surface area contributed by atoms with E-state index in [1.807, 2.05) is 0 Å². The zero-order valence-corrected chi connectivity index (χ0v) is 11.2. The first kappa shape index (κ1) is 13.5. The number of rotatable bonds is 6. The summed E-state index contributed by atoms with van der Waals surface area (Å²) in [6.45, 7) is 1.69. The molecule has 0 aromatic carbocycles. The largest absolute Gasteiger partial charge is 0.481 e. The number of carboxylic acids is 1. The maximum atomic E-state index is 10.4. The molecule has 0 bridgehead atoms. The lowest BCUT2D eigenvalue weighted by molar-refractivity contribution is -0.137. The number of aryl methyl sites for hydroxylation is 1. The second kappa shape index (κ2) is 6.85. The molecule has 0 radical (unpaired) electrons. The quantitative estimate of drug-likeness (QED) is 0.807. The van der Waals surface area contributed by atoms with E-state index in [0.29, 0.717) is 5.92 Å². The summed E-state index contributed by atoms with van der Waals surface area (Å²) in [5.74, 6) is -0.153. The second-order valence-corrected chi connectivity index (χ2v) is 5.60. The zero-order chi connectivity index (χ0) is 12.8. The Morgan fingerprint density at radius 2 is 2.22 bits per heavy atom. The van der Waals surface area contributed by atoms with Gasteiger partial charge in [-0.05, 0) is 32.1 Å². The molecule has 1 aliphatic heterocycles. The fourth-order valence-corrected chi connectivity index (χ4v) is 3.10. The monoisotopic (exact) mass is 269 g/mol. The van der Waals surface area contributed by atoms with Crippen molar-refractivity contribution in [2.45, 2.75) is 44.4 Å². The third kappa shape index (κ3) is 4.07. The number of aromatic nitrogens is 1. The van der Waals surface area contributed by atoms with Crippen LogP contribution in [0.3, 0.4) is 0 Å². The predicted molar refractivity (Wildman–Crippen MR) is 70.1 cm³/mol. The van der Waals surface area contributed by atoms with E-state index in [0.717, 1.165) is 50.3 Å². The normalized spacial score (nSPS) is 16.9. The van der Waals surface area contributed by atoms with Crippen LogP contribution in [0.1, 0.15) is 48.7 Å². The van der Waals surface area contributed by atoms with Gasteiger partial charge in [0.1, 0.15) is 0 Å². The SMILES string of the molecule is O=C(O)CCCCc1nc(C2CCOCC2)cs1. The fraction of sp³-hybridized carbons (Fsp3) is 0.692. The molecule has 18 heavy (non-hydrogen) atoms. The topological polar surface area (TPSA) is 59.4 Å². The molecule has 0 saturated carbocycles. The molecule has 1 saturated heterocycles. The van der Waals surface area contributed by atoms with Crippen LogP contribution >= 0.6 is 11.3 Å². The van der Waals surface area contributed by atoms with Crippen molar-refractivity contribution in [3.05, 3.63) is 16.1 Å². The van der Waals surface area contributed by atoms with Gasteiger partial charge in [-0.2, -0.15) is 0 Å². The minimum absolute atomic E-state index is 0.262. The molecule has 0 unspecified atom stereocenters. The highest BCUT2D eigenvalue weighted by molar-refractivity contribution is 7.09. The van der Waals surface area contributed by atoms with Gasteiger partial charge in [0.15, 0.2) is 0 Å². The Morgan fingerprint density at radius 1 is 1.44 bits per heavy atom. The molecular formula is C13H19NO3S. The molecule has 4 nitrogen and oxygen atoms in total. The first-order valence-electron chi connectivity index (χ1n) is 6.49. The van der Waals surface area contributed by atoms with Crippen molar-refractivity contribution in [3.63, 3.8) is 0 Å². The highest BCUT2D eigenvalue weighted by Gasteiger charge is 2.18. The van der Waals surface area contributed by atoms with Crippen molar-refractivity contribution in [2.24, 2.45) is 0 Å². The van der Waals surface area contributed by atoms with Gasteiger partial charge in [0.25, 0.3) is 0 Å². The molecule has 1 aromatic heterocycles. The number of unbranched alkanes of at least 4 members (excludes halogenated alkanes) is 1. The number of nitrogens with zero attached hydrogens (tertiary/aromatic N) is 1. The molecule has 1 N–H and O–H groups in total. The van der Waals surface area contributed by atoms with E-state index in [-0.39, 0.29) is 6.42 Å². The van der Waals surface area contributed by atoms with Crippen LogP contribution in [0.25, 0.3) is 0 Å². The van der Waals surface area contributed by atoms with Crippen molar-refractivity contribution >= 4 is 17.3 Å². The number of thiazole rings is 1. The summed E-state index contributed by atoms with van der Waals surface area (Å²) >= 11 is 1.70. The Kier molecular flexibility index (Phi) is 5.13. The highest BCUT2D eigenvalue weighted by Crippen LogP contribution is 2.28. The summed E-state index contributed by atoms with van der Waals surface area (Å²) in [7, 11) is 0. The second-order valence-electron chi connectivity index (χ2n) is 4.65. The molecule has 1 fully saturated rings. The fourth-order valence-electron chi connectivity index (χ4n) is 2.17. The molecule has 2 rings (SSSR count). The smallest absolute Gasteiger partial charge is 0.303 e. The highest BCUT2D eigenvalue weighted by atomic mass is 32.1. The molecule has 0 aliphatic carbocycles. The molecule has 5 heteroatoms. The molecular weight excluding hydrogens is 250 g/mol. The number of hydrogen-bond acceptors (Lipinski definition) is 4. The Labute approximate surface area is 111 Å². The summed E-state index contributed by atoms with van der Waals surface area (Å²) in [4.78, 5) is 15.1. The van der Waals surface area contributed by atoms with Crippen molar-refractivity contribution in [3.8, 4) is 0 Å². The standard InChI is InChI=1S/C13H19NO3S/c15-13(16)4-2-1-3-12-14-11(9-18-12)10-5-7-17-8-6-10/h9-10H,1-8H2,(H,15,16). The summed E-state index contributed by atoms with van der Waals surface area (Å²) in [5, 5.41) is 11.9. The van der Waals surface area contributed by atoms with E-state index in [4.69, 9.17) is 9.84 Å². The van der Waals surface area contributed by atoms with Crippen molar-refractivity contribution in [2.75, 3.05) is 13.2 Å². The molecule has 2 heterocycles. The summed E-state index contributed by atoms with van der Waals surface area (Å²) in [6, 6.07) is 0. The number of aliphatic carboxylic acids is 1. The van der Waals surface area contributed by atoms with Crippen LogP contribution in [0.15, 0.2) is 5.38 Å². The summed E-state index contributed by atoms with van der Waals surface area (Å²) < 4.78 is 5.35. The van der Waals surface area contributed by atoms with Crippen LogP contribution in [-0.4, -0.2) is 29.3 Å². The average molecular weight is 269 g/mol. The third-order valence-corrected chi connectivity index (χ3v) is 4.17. The van der Waals surface area contributed by atoms with Crippen molar-refractivity contribution in [1.82, 2.24) is 4.98 Å². The number of hydrogen-bond donors (Lipinski definition) is 1. The van der Waals surface area contributed by atoms with E-state index in [1.165, 1.54) is 5.69 Å². The van der Waals surface area contributed by atoms with Crippen molar-refractivity contribution < 1.29 is 14.6 Å². The Morgan fingerprint density at radius 3 is 2.94 bits per heavy atom. The number of carboxylic acid groups (broad SMARTS) is 1.